The Balaban J connectivity index is 1.71. The van der Waals surface area contributed by atoms with Crippen LogP contribution in [0.15, 0.2) is 67.0 Å². The van der Waals surface area contributed by atoms with E-state index in [1.807, 2.05) is 12.1 Å². The first kappa shape index (κ1) is 22.0. The molecule has 8 heteroatoms. The van der Waals surface area contributed by atoms with Crippen molar-refractivity contribution >= 4 is 11.7 Å². The van der Waals surface area contributed by atoms with Gasteiger partial charge in [-0.2, -0.15) is 5.10 Å². The van der Waals surface area contributed by atoms with Gasteiger partial charge in [-0.25, -0.2) is 4.39 Å². The van der Waals surface area contributed by atoms with Gasteiger partial charge in [0.15, 0.2) is 0 Å². The van der Waals surface area contributed by atoms with Crippen molar-refractivity contribution in [2.24, 2.45) is 7.05 Å². The fraction of sp³-hybridized carbons (Fsp3) is 0.160. The Morgan fingerprint density at radius 1 is 1.00 bits per heavy atom. The van der Waals surface area contributed by atoms with Crippen LogP contribution < -0.4 is 14.8 Å². The molecule has 0 atom stereocenters. The molecule has 0 aliphatic rings. The van der Waals surface area contributed by atoms with E-state index in [9.17, 15) is 9.18 Å². The van der Waals surface area contributed by atoms with Gasteiger partial charge in [-0.1, -0.05) is 6.07 Å². The summed E-state index contributed by atoms with van der Waals surface area (Å²) in [6.07, 6.45) is 3.44. The maximum absolute atomic E-state index is 13.5. The van der Waals surface area contributed by atoms with Gasteiger partial charge in [0.25, 0.3) is 0 Å². The minimum absolute atomic E-state index is 0.0972. The van der Waals surface area contributed by atoms with E-state index < -0.39 is 0 Å². The predicted octanol–water partition coefficient (Wildman–Crippen LogP) is 4.49. The van der Waals surface area contributed by atoms with Gasteiger partial charge in [0, 0.05) is 36.6 Å². The molecule has 1 amide bonds. The van der Waals surface area contributed by atoms with Gasteiger partial charge < -0.3 is 14.8 Å². The lowest BCUT2D eigenvalue weighted by molar-refractivity contribution is -0.115. The Morgan fingerprint density at radius 2 is 1.73 bits per heavy atom. The first-order chi connectivity index (χ1) is 16.0. The van der Waals surface area contributed by atoms with Crippen LogP contribution >= 0.6 is 0 Å². The number of nitrogens with zero attached hydrogens (tertiary/aromatic N) is 3. The second-order valence-electron chi connectivity index (χ2n) is 7.34. The lowest BCUT2D eigenvalue weighted by Gasteiger charge is -2.12. The van der Waals surface area contributed by atoms with Crippen molar-refractivity contribution in [1.82, 2.24) is 14.8 Å². The largest absolute Gasteiger partial charge is 0.497 e. The van der Waals surface area contributed by atoms with Crippen LogP contribution in [0.1, 0.15) is 5.56 Å². The number of halogens is 1. The number of rotatable bonds is 7. The average Bonchev–Trinajstić information content (AvgIpc) is 3.16. The van der Waals surface area contributed by atoms with E-state index >= 15 is 0 Å². The average molecular weight is 446 g/mol. The van der Waals surface area contributed by atoms with E-state index in [4.69, 9.17) is 9.47 Å². The molecule has 4 rings (SSSR count). The number of ether oxygens (including phenoxy) is 2. The minimum Gasteiger partial charge on any atom is -0.497 e. The highest BCUT2D eigenvalue weighted by Crippen LogP contribution is 2.37. The van der Waals surface area contributed by atoms with E-state index in [0.717, 1.165) is 22.3 Å². The molecule has 33 heavy (non-hydrogen) atoms. The van der Waals surface area contributed by atoms with Crippen molar-refractivity contribution in [3.63, 3.8) is 0 Å². The normalized spacial score (nSPS) is 10.7. The van der Waals surface area contributed by atoms with Gasteiger partial charge in [0.05, 0.1) is 26.2 Å². The smallest absolute Gasteiger partial charge is 0.230 e. The SMILES string of the molecule is COc1ccc(CC(=O)Nc2c(-c3ccncc3)c(-c3ccc(F)cc3)nn2C)c(OC)c1. The summed E-state index contributed by atoms with van der Waals surface area (Å²) < 4.78 is 25.7. The van der Waals surface area contributed by atoms with Crippen LogP contribution in [0.25, 0.3) is 22.4 Å². The summed E-state index contributed by atoms with van der Waals surface area (Å²) in [6.45, 7) is 0. The molecule has 0 saturated heterocycles. The van der Waals surface area contributed by atoms with Crippen molar-refractivity contribution < 1.29 is 18.7 Å². The number of nitrogens with one attached hydrogen (secondary N) is 1. The number of benzene rings is 2. The Bertz CT molecular complexity index is 1270. The molecule has 0 aliphatic carbocycles. The minimum atomic E-state index is -0.331. The predicted molar refractivity (Wildman–Crippen MR) is 124 cm³/mol. The quantitative estimate of drug-likeness (QED) is 0.453. The molecule has 0 radical (unpaired) electrons. The number of hydrogen-bond acceptors (Lipinski definition) is 5. The molecule has 1 N–H and O–H groups in total. The van der Waals surface area contributed by atoms with Crippen molar-refractivity contribution in [1.29, 1.82) is 0 Å². The highest BCUT2D eigenvalue weighted by molar-refractivity contribution is 5.99. The fourth-order valence-electron chi connectivity index (χ4n) is 3.62. The summed E-state index contributed by atoms with van der Waals surface area (Å²) in [5, 5.41) is 7.61. The Kier molecular flexibility index (Phi) is 6.35. The summed E-state index contributed by atoms with van der Waals surface area (Å²) in [5.74, 6) is 1.17. The molecule has 0 spiro atoms. The van der Waals surface area contributed by atoms with E-state index in [-0.39, 0.29) is 18.1 Å². The number of methoxy groups -OCH3 is 2. The summed E-state index contributed by atoms with van der Waals surface area (Å²) in [6, 6.07) is 15.1. The van der Waals surface area contributed by atoms with Crippen molar-refractivity contribution in [3.8, 4) is 33.9 Å². The monoisotopic (exact) mass is 446 g/mol. The van der Waals surface area contributed by atoms with Gasteiger partial charge in [-0.15, -0.1) is 0 Å². The van der Waals surface area contributed by atoms with Gasteiger partial charge >= 0.3 is 0 Å². The van der Waals surface area contributed by atoms with Crippen molar-refractivity contribution in [2.75, 3.05) is 19.5 Å². The molecule has 0 saturated carbocycles. The molecule has 168 valence electrons. The Morgan fingerprint density at radius 3 is 2.39 bits per heavy atom. The number of aromatic nitrogens is 3. The number of carbonyl (C=O) groups excluding carboxylic acids is 1. The van der Waals surface area contributed by atoms with Crippen LogP contribution in [0, 0.1) is 5.82 Å². The zero-order chi connectivity index (χ0) is 23.4. The molecule has 0 unspecified atom stereocenters. The van der Waals surface area contributed by atoms with Crippen molar-refractivity contribution in [2.45, 2.75) is 6.42 Å². The maximum Gasteiger partial charge on any atom is 0.230 e. The second-order valence-corrected chi connectivity index (χ2v) is 7.34. The standard InChI is InChI=1S/C25H23FN4O3/c1-30-25(28-22(31)14-18-6-9-20(32-2)15-21(18)33-3)23(16-10-12-27-13-11-16)24(29-30)17-4-7-19(26)8-5-17/h4-13,15H,14H2,1-3H3,(H,28,31). The van der Waals surface area contributed by atoms with Crippen LogP contribution in [0.2, 0.25) is 0 Å². The zero-order valence-electron chi connectivity index (χ0n) is 18.5. The summed E-state index contributed by atoms with van der Waals surface area (Å²) in [7, 11) is 4.87. The number of amides is 1. The topological polar surface area (TPSA) is 78.3 Å². The van der Waals surface area contributed by atoms with Gasteiger partial charge in [-0.05, 0) is 48.0 Å². The third-order valence-corrected chi connectivity index (χ3v) is 5.24. The molecule has 4 aromatic rings. The lowest BCUT2D eigenvalue weighted by atomic mass is 10.0. The van der Waals surface area contributed by atoms with Crippen LogP contribution in [0.5, 0.6) is 11.5 Å². The van der Waals surface area contributed by atoms with Crippen LogP contribution in [-0.2, 0) is 18.3 Å². The van der Waals surface area contributed by atoms with E-state index in [0.29, 0.717) is 23.0 Å². The van der Waals surface area contributed by atoms with E-state index in [2.05, 4.69) is 15.4 Å². The zero-order valence-corrected chi connectivity index (χ0v) is 18.5. The molecule has 2 heterocycles. The highest BCUT2D eigenvalue weighted by atomic mass is 19.1. The molecule has 2 aromatic heterocycles. The number of hydrogen-bond donors (Lipinski definition) is 1. The third-order valence-electron chi connectivity index (χ3n) is 5.24. The summed E-state index contributed by atoms with van der Waals surface area (Å²) in [5.41, 5.74) is 3.63. The van der Waals surface area contributed by atoms with E-state index in [1.165, 1.54) is 12.1 Å². The fourth-order valence-corrected chi connectivity index (χ4v) is 3.62. The molecule has 0 aliphatic heterocycles. The summed E-state index contributed by atoms with van der Waals surface area (Å²) in [4.78, 5) is 17.1. The highest BCUT2D eigenvalue weighted by Gasteiger charge is 2.21. The van der Waals surface area contributed by atoms with Crippen LogP contribution in [-0.4, -0.2) is 34.9 Å². The number of aryl methyl sites for hydroxylation is 1. The number of anilines is 1. The van der Waals surface area contributed by atoms with Crippen LogP contribution in [0.3, 0.4) is 0 Å². The lowest BCUT2D eigenvalue weighted by Crippen LogP contribution is -2.17. The second kappa shape index (κ2) is 9.52. The van der Waals surface area contributed by atoms with Gasteiger partial charge in [0.1, 0.15) is 28.8 Å². The van der Waals surface area contributed by atoms with Crippen molar-refractivity contribution in [3.05, 3.63) is 78.4 Å². The Hall–Kier alpha value is -4.20. The first-order valence-corrected chi connectivity index (χ1v) is 10.2. The third kappa shape index (κ3) is 4.69. The molecule has 0 bridgehead atoms. The Labute approximate surface area is 190 Å². The van der Waals surface area contributed by atoms with Gasteiger partial charge in [0.2, 0.25) is 5.91 Å². The number of carbonyl (C=O) groups is 1. The molecular weight excluding hydrogens is 423 g/mol. The van der Waals surface area contributed by atoms with E-state index in [1.54, 1.807) is 68.7 Å². The molecular formula is C25H23FN4O3. The molecule has 2 aromatic carbocycles. The van der Waals surface area contributed by atoms with Gasteiger partial charge in [-0.3, -0.25) is 14.5 Å². The molecule has 7 nitrogen and oxygen atoms in total. The maximum atomic E-state index is 13.5. The van der Waals surface area contributed by atoms with Crippen LogP contribution in [0.4, 0.5) is 10.2 Å². The summed E-state index contributed by atoms with van der Waals surface area (Å²) >= 11 is 0. The number of pyridine rings is 1. The first-order valence-electron chi connectivity index (χ1n) is 10.2. The molecule has 0 fully saturated rings.